The molecule has 3 N–H and O–H groups in total. The molecule has 2 aliphatic carbocycles. The predicted molar refractivity (Wildman–Crippen MR) is 95.6 cm³/mol. The Morgan fingerprint density at radius 1 is 1.28 bits per heavy atom. The quantitative estimate of drug-likeness (QED) is 0.618. The second kappa shape index (κ2) is 8.85. The topological polar surface area (TPSA) is 90.9 Å². The van der Waals surface area contributed by atoms with Crippen LogP contribution in [-0.4, -0.2) is 66.4 Å². The van der Waals surface area contributed by atoms with Crippen LogP contribution in [0.5, 0.6) is 0 Å². The Morgan fingerprint density at radius 2 is 1.92 bits per heavy atom. The molecule has 0 unspecified atom stereocenters. The molecule has 0 aromatic rings. The fourth-order valence-corrected chi connectivity index (χ4v) is 3.90. The Labute approximate surface area is 150 Å². The summed E-state index contributed by atoms with van der Waals surface area (Å²) in [7, 11) is 1.73. The summed E-state index contributed by atoms with van der Waals surface area (Å²) in [5.74, 6) is -0.0704. The smallest absolute Gasteiger partial charge is 0.317 e. The van der Waals surface area contributed by atoms with Crippen LogP contribution in [0, 0.1) is 5.92 Å². The van der Waals surface area contributed by atoms with Crippen molar-refractivity contribution in [2.75, 3.05) is 26.7 Å². The number of amides is 2. The molecule has 0 radical (unpaired) electrons. The Morgan fingerprint density at radius 3 is 2.44 bits per heavy atom. The molecule has 2 amide bonds. The van der Waals surface area contributed by atoms with Crippen molar-refractivity contribution < 1.29 is 19.4 Å². The van der Waals surface area contributed by atoms with Gasteiger partial charge in [0.2, 0.25) is 0 Å². The minimum Gasteiger partial charge on any atom is -0.480 e. The van der Waals surface area contributed by atoms with E-state index >= 15 is 0 Å². The number of carbonyl (C=O) groups excluding carboxylic acids is 1. The van der Waals surface area contributed by atoms with Gasteiger partial charge in [-0.1, -0.05) is 13.8 Å². The average molecular weight is 355 g/mol. The number of aliphatic carboxylic acids is 1. The second-order valence-electron chi connectivity index (χ2n) is 7.68. The van der Waals surface area contributed by atoms with Gasteiger partial charge in [0, 0.05) is 25.7 Å². The summed E-state index contributed by atoms with van der Waals surface area (Å²) in [6.45, 7) is 5.54. The van der Waals surface area contributed by atoms with E-state index in [9.17, 15) is 9.59 Å². The molecule has 7 nitrogen and oxygen atoms in total. The zero-order valence-corrected chi connectivity index (χ0v) is 15.7. The van der Waals surface area contributed by atoms with Crippen molar-refractivity contribution in [1.29, 1.82) is 0 Å². The monoisotopic (exact) mass is 355 g/mol. The number of carbonyl (C=O) groups is 2. The largest absolute Gasteiger partial charge is 0.480 e. The van der Waals surface area contributed by atoms with Gasteiger partial charge in [0.05, 0.1) is 12.1 Å². The van der Waals surface area contributed by atoms with E-state index in [-0.39, 0.29) is 30.3 Å². The molecule has 2 saturated carbocycles. The third-order valence-electron chi connectivity index (χ3n) is 5.90. The zero-order valence-electron chi connectivity index (χ0n) is 15.7. The van der Waals surface area contributed by atoms with Crippen LogP contribution < -0.4 is 10.6 Å². The summed E-state index contributed by atoms with van der Waals surface area (Å²) in [5, 5.41) is 14.9. The average Bonchev–Trinajstić information content (AvgIpc) is 2.55. The van der Waals surface area contributed by atoms with Crippen molar-refractivity contribution in [3.05, 3.63) is 0 Å². The number of carboxylic acids is 1. The summed E-state index contributed by atoms with van der Waals surface area (Å²) >= 11 is 0. The van der Waals surface area contributed by atoms with Crippen LogP contribution in [0.3, 0.4) is 0 Å². The maximum atomic E-state index is 12.1. The fourth-order valence-electron chi connectivity index (χ4n) is 3.90. The standard InChI is InChI=1S/C18H33N3O4/c1-4-21(11-16(22)23)15-9-14(10-15)20-17(24)19-12-18(25-3)7-5-13(2)6-8-18/h13-15H,4-12H2,1-3H3,(H,22,23)(H2,19,20,24). The molecule has 0 aliphatic heterocycles. The lowest BCUT2D eigenvalue weighted by Gasteiger charge is -2.42. The fraction of sp³-hybridized carbons (Fsp3) is 0.889. The summed E-state index contributed by atoms with van der Waals surface area (Å²) in [6.07, 6.45) is 5.85. The highest BCUT2D eigenvalue weighted by Crippen LogP contribution is 2.33. The third kappa shape index (κ3) is 5.57. The number of carboxylic acid groups (broad SMARTS) is 1. The molecule has 0 spiro atoms. The number of ether oxygens (including phenoxy) is 1. The SMILES string of the molecule is CCN(CC(=O)O)C1CC(NC(=O)NCC2(OC)CCC(C)CC2)C1. The van der Waals surface area contributed by atoms with Gasteiger partial charge in [-0.3, -0.25) is 9.69 Å². The highest BCUT2D eigenvalue weighted by molar-refractivity contribution is 5.74. The number of likely N-dealkylation sites (N-methyl/N-ethyl adjacent to an activating group) is 1. The first-order valence-electron chi connectivity index (χ1n) is 9.43. The summed E-state index contributed by atoms with van der Waals surface area (Å²) < 4.78 is 5.72. The van der Waals surface area contributed by atoms with Crippen LogP contribution in [-0.2, 0) is 9.53 Å². The normalized spacial score (nSPS) is 32.1. The van der Waals surface area contributed by atoms with Gasteiger partial charge in [0.15, 0.2) is 0 Å². The van der Waals surface area contributed by atoms with E-state index in [0.717, 1.165) is 44.4 Å². The molecule has 0 aromatic carbocycles. The highest BCUT2D eigenvalue weighted by atomic mass is 16.5. The second-order valence-corrected chi connectivity index (χ2v) is 7.68. The van der Waals surface area contributed by atoms with Gasteiger partial charge in [-0.2, -0.15) is 0 Å². The van der Waals surface area contributed by atoms with Gasteiger partial charge in [-0.15, -0.1) is 0 Å². The summed E-state index contributed by atoms with van der Waals surface area (Å²) in [6, 6.07) is 0.217. The van der Waals surface area contributed by atoms with E-state index in [4.69, 9.17) is 9.84 Å². The summed E-state index contributed by atoms with van der Waals surface area (Å²) in [4.78, 5) is 24.9. The van der Waals surface area contributed by atoms with Gasteiger partial charge in [0.1, 0.15) is 0 Å². The molecular weight excluding hydrogens is 322 g/mol. The zero-order chi connectivity index (χ0) is 18.4. The van der Waals surface area contributed by atoms with Gasteiger partial charge in [-0.05, 0) is 51.0 Å². The third-order valence-corrected chi connectivity index (χ3v) is 5.90. The first-order chi connectivity index (χ1) is 11.9. The van der Waals surface area contributed by atoms with Crippen LogP contribution >= 0.6 is 0 Å². The Kier molecular flexibility index (Phi) is 7.07. The van der Waals surface area contributed by atoms with E-state index in [2.05, 4.69) is 17.6 Å². The number of methoxy groups -OCH3 is 1. The maximum Gasteiger partial charge on any atom is 0.317 e. The lowest BCUT2D eigenvalue weighted by molar-refractivity contribution is -0.139. The minimum atomic E-state index is -0.803. The van der Waals surface area contributed by atoms with E-state index in [1.54, 1.807) is 7.11 Å². The Bertz CT molecular complexity index is 457. The van der Waals surface area contributed by atoms with Crippen molar-refractivity contribution in [3.8, 4) is 0 Å². The van der Waals surface area contributed by atoms with E-state index in [1.165, 1.54) is 0 Å². The number of nitrogens with one attached hydrogen (secondary N) is 2. The number of urea groups is 1. The van der Waals surface area contributed by atoms with Crippen LogP contribution in [0.4, 0.5) is 4.79 Å². The molecule has 0 aromatic heterocycles. The number of hydrogen-bond acceptors (Lipinski definition) is 4. The first-order valence-corrected chi connectivity index (χ1v) is 9.43. The van der Waals surface area contributed by atoms with Crippen LogP contribution in [0.1, 0.15) is 52.4 Å². The molecule has 7 heteroatoms. The van der Waals surface area contributed by atoms with Crippen LogP contribution in [0.25, 0.3) is 0 Å². The Hall–Kier alpha value is -1.34. The molecule has 144 valence electrons. The van der Waals surface area contributed by atoms with E-state index < -0.39 is 5.97 Å². The lowest BCUT2D eigenvalue weighted by atomic mass is 9.79. The molecule has 0 heterocycles. The van der Waals surface area contributed by atoms with E-state index in [0.29, 0.717) is 13.1 Å². The molecule has 2 fully saturated rings. The minimum absolute atomic E-state index is 0.0643. The van der Waals surface area contributed by atoms with Crippen LogP contribution in [0.2, 0.25) is 0 Å². The number of rotatable bonds is 8. The number of nitrogens with zero attached hydrogens (tertiary/aromatic N) is 1. The molecule has 2 rings (SSSR count). The molecule has 2 aliphatic rings. The maximum absolute atomic E-state index is 12.1. The first kappa shape index (κ1) is 20.0. The lowest BCUT2D eigenvalue weighted by Crippen LogP contribution is -2.57. The van der Waals surface area contributed by atoms with E-state index in [1.807, 2.05) is 11.8 Å². The predicted octanol–water partition coefficient (Wildman–Crippen LogP) is 1.82. The molecule has 0 saturated heterocycles. The van der Waals surface area contributed by atoms with Gasteiger partial charge < -0.3 is 20.5 Å². The van der Waals surface area contributed by atoms with Gasteiger partial charge >= 0.3 is 12.0 Å². The van der Waals surface area contributed by atoms with Crippen molar-refractivity contribution in [1.82, 2.24) is 15.5 Å². The molecule has 0 atom stereocenters. The van der Waals surface area contributed by atoms with Crippen molar-refractivity contribution in [2.45, 2.75) is 70.1 Å². The molecule has 25 heavy (non-hydrogen) atoms. The highest BCUT2D eigenvalue weighted by Gasteiger charge is 2.36. The molecular formula is C18H33N3O4. The van der Waals surface area contributed by atoms with Crippen LogP contribution in [0.15, 0.2) is 0 Å². The summed E-state index contributed by atoms with van der Waals surface area (Å²) in [5.41, 5.74) is -0.230. The van der Waals surface area contributed by atoms with Gasteiger partial charge in [0.25, 0.3) is 0 Å². The number of hydrogen-bond donors (Lipinski definition) is 3. The van der Waals surface area contributed by atoms with Crippen molar-refractivity contribution in [2.24, 2.45) is 5.92 Å². The molecule has 0 bridgehead atoms. The van der Waals surface area contributed by atoms with Gasteiger partial charge in [-0.25, -0.2) is 4.79 Å². The van der Waals surface area contributed by atoms with Crippen molar-refractivity contribution in [3.63, 3.8) is 0 Å². The Balaban J connectivity index is 1.69. The van der Waals surface area contributed by atoms with Crippen molar-refractivity contribution >= 4 is 12.0 Å².